The van der Waals surface area contributed by atoms with Crippen molar-refractivity contribution in [3.63, 3.8) is 0 Å². The molecule has 19 heavy (non-hydrogen) atoms. The van der Waals surface area contributed by atoms with Crippen LogP contribution in [0.15, 0.2) is 35.8 Å². The van der Waals surface area contributed by atoms with Gasteiger partial charge in [-0.3, -0.25) is 5.32 Å². The smallest absolute Gasteiger partial charge is 0.321 e. The fourth-order valence-electron chi connectivity index (χ4n) is 2.00. The molecular formula is C13H13N3O2S. The van der Waals surface area contributed by atoms with Crippen molar-refractivity contribution in [2.45, 2.75) is 12.5 Å². The maximum Gasteiger partial charge on any atom is 0.321 e. The Morgan fingerprint density at radius 3 is 3.16 bits per heavy atom. The van der Waals surface area contributed by atoms with Crippen LogP contribution in [0.4, 0.5) is 9.93 Å². The lowest BCUT2D eigenvalue weighted by Gasteiger charge is -2.11. The van der Waals surface area contributed by atoms with Crippen LogP contribution in [0.5, 0.6) is 5.75 Å². The second-order valence-electron chi connectivity index (χ2n) is 4.22. The van der Waals surface area contributed by atoms with E-state index in [1.165, 1.54) is 16.9 Å². The van der Waals surface area contributed by atoms with Crippen LogP contribution in [0.2, 0.25) is 0 Å². The summed E-state index contributed by atoms with van der Waals surface area (Å²) in [5, 5.41) is 7.86. The number of amides is 2. The van der Waals surface area contributed by atoms with E-state index in [-0.39, 0.29) is 12.1 Å². The number of aromatic nitrogens is 1. The summed E-state index contributed by atoms with van der Waals surface area (Å²) < 4.78 is 5.74. The summed E-state index contributed by atoms with van der Waals surface area (Å²) in [5.41, 5.74) is 1.19. The lowest BCUT2D eigenvalue weighted by molar-refractivity contribution is 0.219. The summed E-state index contributed by atoms with van der Waals surface area (Å²) in [7, 11) is 0. The van der Waals surface area contributed by atoms with Gasteiger partial charge in [-0.2, -0.15) is 0 Å². The number of hydrogen-bond acceptors (Lipinski definition) is 4. The Morgan fingerprint density at radius 2 is 2.37 bits per heavy atom. The van der Waals surface area contributed by atoms with Gasteiger partial charge >= 0.3 is 6.03 Å². The van der Waals surface area contributed by atoms with Gasteiger partial charge in [-0.05, 0) is 11.6 Å². The van der Waals surface area contributed by atoms with Gasteiger partial charge in [-0.1, -0.05) is 18.2 Å². The van der Waals surface area contributed by atoms with Crippen LogP contribution in [0.1, 0.15) is 5.56 Å². The molecule has 2 amide bonds. The van der Waals surface area contributed by atoms with Crippen LogP contribution in [0, 0.1) is 0 Å². The quantitative estimate of drug-likeness (QED) is 0.903. The third kappa shape index (κ3) is 2.85. The first kappa shape index (κ1) is 12.0. The minimum atomic E-state index is -0.255. The van der Waals surface area contributed by atoms with E-state index in [9.17, 15) is 4.79 Å². The Hall–Kier alpha value is -2.08. The van der Waals surface area contributed by atoms with Crippen LogP contribution in [-0.2, 0) is 6.42 Å². The van der Waals surface area contributed by atoms with Crippen molar-refractivity contribution in [3.8, 4) is 5.75 Å². The Morgan fingerprint density at radius 1 is 1.47 bits per heavy atom. The number of carbonyl (C=O) groups excluding carboxylic acids is 1. The molecule has 1 atom stereocenters. The predicted octanol–water partition coefficient (Wildman–Crippen LogP) is 2.27. The molecule has 0 saturated carbocycles. The van der Waals surface area contributed by atoms with Crippen LogP contribution in [-0.4, -0.2) is 23.7 Å². The number of nitrogens with zero attached hydrogens (tertiary/aromatic N) is 1. The molecule has 98 valence electrons. The molecule has 5 nitrogen and oxygen atoms in total. The van der Waals surface area contributed by atoms with Gasteiger partial charge in [0, 0.05) is 18.0 Å². The fraction of sp³-hybridized carbons (Fsp3) is 0.231. The van der Waals surface area contributed by atoms with Gasteiger partial charge in [0.15, 0.2) is 5.13 Å². The molecule has 1 aromatic heterocycles. The number of benzene rings is 1. The molecule has 0 unspecified atom stereocenters. The Kier molecular flexibility index (Phi) is 3.33. The van der Waals surface area contributed by atoms with Gasteiger partial charge in [0.1, 0.15) is 11.9 Å². The first-order valence-corrected chi connectivity index (χ1v) is 6.88. The standard InChI is InChI=1S/C13H13N3O2S/c17-12(16-13-14-5-6-19-13)15-8-10-7-9-3-1-2-4-11(9)18-10/h1-6,10H,7-8H2,(H2,14,15,16,17)/t10-/m0/s1. The largest absolute Gasteiger partial charge is 0.488 e. The zero-order valence-corrected chi connectivity index (χ0v) is 10.9. The number of hydrogen-bond donors (Lipinski definition) is 2. The normalized spacial score (nSPS) is 16.5. The molecule has 0 radical (unpaired) electrons. The second-order valence-corrected chi connectivity index (χ2v) is 5.12. The molecule has 1 aliphatic rings. The van der Waals surface area contributed by atoms with Gasteiger partial charge < -0.3 is 10.1 Å². The van der Waals surface area contributed by atoms with Crippen molar-refractivity contribution in [2.75, 3.05) is 11.9 Å². The highest BCUT2D eigenvalue weighted by atomic mass is 32.1. The molecule has 0 bridgehead atoms. The summed E-state index contributed by atoms with van der Waals surface area (Å²) >= 11 is 1.38. The zero-order valence-electron chi connectivity index (χ0n) is 10.1. The number of thiazole rings is 1. The van der Waals surface area contributed by atoms with Crippen molar-refractivity contribution in [3.05, 3.63) is 41.4 Å². The van der Waals surface area contributed by atoms with Crippen molar-refractivity contribution in [1.29, 1.82) is 0 Å². The van der Waals surface area contributed by atoms with Gasteiger partial charge in [-0.15, -0.1) is 11.3 Å². The van der Waals surface area contributed by atoms with Crippen molar-refractivity contribution in [2.24, 2.45) is 0 Å². The molecular weight excluding hydrogens is 262 g/mol. The molecule has 0 spiro atoms. The van der Waals surface area contributed by atoms with E-state index < -0.39 is 0 Å². The molecule has 3 rings (SSSR count). The molecule has 2 N–H and O–H groups in total. The highest BCUT2D eigenvalue weighted by Gasteiger charge is 2.22. The summed E-state index contributed by atoms with van der Waals surface area (Å²) in [4.78, 5) is 15.6. The van der Waals surface area contributed by atoms with E-state index in [2.05, 4.69) is 15.6 Å². The number of anilines is 1. The molecule has 6 heteroatoms. The highest BCUT2D eigenvalue weighted by molar-refractivity contribution is 7.13. The van der Waals surface area contributed by atoms with Gasteiger partial charge in [0.05, 0.1) is 6.54 Å². The molecule has 1 aliphatic heterocycles. The van der Waals surface area contributed by atoms with Gasteiger partial charge in [0.2, 0.25) is 0 Å². The van der Waals surface area contributed by atoms with Crippen molar-refractivity contribution in [1.82, 2.24) is 10.3 Å². The van der Waals surface area contributed by atoms with Crippen LogP contribution in [0.3, 0.4) is 0 Å². The van der Waals surface area contributed by atoms with E-state index in [1.54, 1.807) is 6.20 Å². The number of rotatable bonds is 3. The monoisotopic (exact) mass is 275 g/mol. The molecule has 0 fully saturated rings. The lowest BCUT2D eigenvalue weighted by atomic mass is 10.1. The third-order valence-corrected chi connectivity index (χ3v) is 3.55. The van der Waals surface area contributed by atoms with Crippen molar-refractivity contribution >= 4 is 22.5 Å². The maximum atomic E-state index is 11.6. The van der Waals surface area contributed by atoms with E-state index in [0.717, 1.165) is 12.2 Å². The molecule has 0 aliphatic carbocycles. The Labute approximate surface area is 114 Å². The summed E-state index contributed by atoms with van der Waals surface area (Å²) in [6.07, 6.45) is 2.48. The molecule has 2 heterocycles. The van der Waals surface area contributed by atoms with Gasteiger partial charge in [0.25, 0.3) is 0 Å². The summed E-state index contributed by atoms with van der Waals surface area (Å²) in [6, 6.07) is 7.68. The average Bonchev–Trinajstić information content (AvgIpc) is 3.04. The van der Waals surface area contributed by atoms with Gasteiger partial charge in [-0.25, -0.2) is 9.78 Å². The fourth-order valence-corrected chi connectivity index (χ4v) is 2.52. The Balaban J connectivity index is 1.48. The molecule has 1 aromatic carbocycles. The third-order valence-electron chi connectivity index (χ3n) is 2.86. The number of urea groups is 1. The average molecular weight is 275 g/mol. The first-order chi connectivity index (χ1) is 9.31. The number of fused-ring (bicyclic) bond motifs is 1. The predicted molar refractivity (Wildman–Crippen MR) is 73.7 cm³/mol. The van der Waals surface area contributed by atoms with Crippen LogP contribution < -0.4 is 15.4 Å². The number of ether oxygens (including phenoxy) is 1. The number of nitrogens with one attached hydrogen (secondary N) is 2. The minimum absolute atomic E-state index is 0.000514. The SMILES string of the molecule is O=C(NC[C@@H]1Cc2ccccc2O1)Nc1nccs1. The first-order valence-electron chi connectivity index (χ1n) is 6.00. The van der Waals surface area contributed by atoms with Crippen LogP contribution in [0.25, 0.3) is 0 Å². The minimum Gasteiger partial charge on any atom is -0.488 e. The topological polar surface area (TPSA) is 63.2 Å². The molecule has 2 aromatic rings. The highest BCUT2D eigenvalue weighted by Crippen LogP contribution is 2.27. The van der Waals surface area contributed by atoms with E-state index >= 15 is 0 Å². The second kappa shape index (κ2) is 5.27. The van der Waals surface area contributed by atoms with E-state index in [4.69, 9.17) is 4.74 Å². The lowest BCUT2D eigenvalue weighted by Crippen LogP contribution is -2.37. The van der Waals surface area contributed by atoms with E-state index in [0.29, 0.717) is 11.7 Å². The van der Waals surface area contributed by atoms with E-state index in [1.807, 2.05) is 29.6 Å². The maximum absolute atomic E-state index is 11.6. The van der Waals surface area contributed by atoms with Crippen LogP contribution >= 0.6 is 11.3 Å². The zero-order chi connectivity index (χ0) is 13.1. The number of carbonyl (C=O) groups is 1. The Bertz CT molecular complexity index is 546. The molecule has 0 saturated heterocycles. The summed E-state index contributed by atoms with van der Waals surface area (Å²) in [5.74, 6) is 0.912. The number of para-hydroxylation sites is 1. The van der Waals surface area contributed by atoms with Crippen molar-refractivity contribution < 1.29 is 9.53 Å². The summed E-state index contributed by atoms with van der Waals surface area (Å²) in [6.45, 7) is 0.478.